The highest BCUT2D eigenvalue weighted by atomic mass is 35.5. The van der Waals surface area contributed by atoms with E-state index in [1.807, 2.05) is 18.7 Å². The lowest BCUT2D eigenvalue weighted by molar-refractivity contribution is 0.0607. The van der Waals surface area contributed by atoms with E-state index in [-0.39, 0.29) is 5.54 Å². The van der Waals surface area contributed by atoms with Crippen molar-refractivity contribution in [3.05, 3.63) is 16.4 Å². The van der Waals surface area contributed by atoms with E-state index in [1.54, 1.807) is 0 Å². The van der Waals surface area contributed by atoms with Gasteiger partial charge in [0.2, 0.25) is 0 Å². The molecule has 1 aromatic rings. The van der Waals surface area contributed by atoms with E-state index in [4.69, 9.17) is 11.6 Å². The van der Waals surface area contributed by atoms with Crippen LogP contribution < -0.4 is 5.32 Å². The molecular formula is C15H27ClN4. The van der Waals surface area contributed by atoms with E-state index in [9.17, 15) is 0 Å². The van der Waals surface area contributed by atoms with E-state index >= 15 is 0 Å². The van der Waals surface area contributed by atoms with Gasteiger partial charge in [0, 0.05) is 38.3 Å². The van der Waals surface area contributed by atoms with E-state index in [1.165, 1.54) is 0 Å². The minimum atomic E-state index is 0.144. The van der Waals surface area contributed by atoms with Crippen molar-refractivity contribution in [1.82, 2.24) is 20.0 Å². The SMILES string of the molecule is Cc1nn(C)c(CN2CC(C)(C)NCC2C(C)C)c1Cl. The summed E-state index contributed by atoms with van der Waals surface area (Å²) in [5, 5.41) is 8.88. The first kappa shape index (κ1) is 15.8. The highest BCUT2D eigenvalue weighted by Crippen LogP contribution is 2.26. The number of aryl methyl sites for hydroxylation is 2. The van der Waals surface area contributed by atoms with E-state index in [2.05, 4.69) is 43.0 Å². The van der Waals surface area contributed by atoms with Crippen molar-refractivity contribution in [2.45, 2.75) is 52.7 Å². The summed E-state index contributed by atoms with van der Waals surface area (Å²) in [6.45, 7) is 14.0. The summed E-state index contributed by atoms with van der Waals surface area (Å²) in [5.74, 6) is 0.617. The Kier molecular flexibility index (Phi) is 4.47. The van der Waals surface area contributed by atoms with Crippen LogP contribution in [0, 0.1) is 12.8 Å². The number of nitrogens with zero attached hydrogens (tertiary/aromatic N) is 3. The third-order valence-electron chi connectivity index (χ3n) is 4.24. The third-order valence-corrected chi connectivity index (χ3v) is 4.73. The predicted molar refractivity (Wildman–Crippen MR) is 84.1 cm³/mol. The lowest BCUT2D eigenvalue weighted by Crippen LogP contribution is -2.62. The van der Waals surface area contributed by atoms with Crippen molar-refractivity contribution in [3.8, 4) is 0 Å². The van der Waals surface area contributed by atoms with Crippen LogP contribution in [0.3, 0.4) is 0 Å². The number of rotatable bonds is 3. The van der Waals surface area contributed by atoms with Gasteiger partial charge in [0.15, 0.2) is 0 Å². The van der Waals surface area contributed by atoms with E-state index in [0.29, 0.717) is 12.0 Å². The molecule has 0 amide bonds. The van der Waals surface area contributed by atoms with Crippen LogP contribution in [0.5, 0.6) is 0 Å². The zero-order chi connectivity index (χ0) is 15.1. The molecule has 4 nitrogen and oxygen atoms in total. The van der Waals surface area contributed by atoms with E-state index in [0.717, 1.165) is 36.0 Å². The largest absolute Gasteiger partial charge is 0.309 e. The first-order valence-corrected chi connectivity index (χ1v) is 7.76. The molecule has 0 aromatic carbocycles. The van der Waals surface area contributed by atoms with Crippen molar-refractivity contribution >= 4 is 11.6 Å². The van der Waals surface area contributed by atoms with Gasteiger partial charge in [0.1, 0.15) is 0 Å². The van der Waals surface area contributed by atoms with Crippen LogP contribution >= 0.6 is 11.6 Å². The number of aromatic nitrogens is 2. The molecule has 2 rings (SSSR count). The monoisotopic (exact) mass is 298 g/mol. The number of hydrogen-bond donors (Lipinski definition) is 1. The molecule has 20 heavy (non-hydrogen) atoms. The molecule has 1 aromatic heterocycles. The summed E-state index contributed by atoms with van der Waals surface area (Å²) in [5.41, 5.74) is 2.18. The van der Waals surface area contributed by atoms with Crippen LogP contribution in [0.4, 0.5) is 0 Å². The molecule has 5 heteroatoms. The summed E-state index contributed by atoms with van der Waals surface area (Å²) >= 11 is 6.41. The molecule has 1 saturated heterocycles. The minimum Gasteiger partial charge on any atom is -0.309 e. The van der Waals surface area contributed by atoms with E-state index < -0.39 is 0 Å². The summed E-state index contributed by atoms with van der Waals surface area (Å²) < 4.78 is 1.92. The van der Waals surface area contributed by atoms with Gasteiger partial charge in [-0.1, -0.05) is 25.4 Å². The Bertz CT molecular complexity index is 478. The maximum absolute atomic E-state index is 6.41. The number of hydrogen-bond acceptors (Lipinski definition) is 3. The minimum absolute atomic E-state index is 0.144. The highest BCUT2D eigenvalue weighted by Gasteiger charge is 2.34. The average Bonchev–Trinajstić information content (AvgIpc) is 2.54. The van der Waals surface area contributed by atoms with Gasteiger partial charge in [-0.15, -0.1) is 0 Å². The highest BCUT2D eigenvalue weighted by molar-refractivity contribution is 6.31. The molecule has 0 saturated carbocycles. The quantitative estimate of drug-likeness (QED) is 0.931. The number of halogens is 1. The Morgan fingerprint density at radius 1 is 1.45 bits per heavy atom. The zero-order valence-electron chi connectivity index (χ0n) is 13.5. The molecule has 1 aliphatic rings. The molecular weight excluding hydrogens is 272 g/mol. The second kappa shape index (κ2) is 5.66. The van der Waals surface area contributed by atoms with Gasteiger partial charge in [-0.2, -0.15) is 5.10 Å². The normalized spacial score (nSPS) is 23.5. The average molecular weight is 299 g/mol. The van der Waals surface area contributed by atoms with Gasteiger partial charge in [0.05, 0.1) is 16.4 Å². The molecule has 0 bridgehead atoms. The molecule has 1 N–H and O–H groups in total. The zero-order valence-corrected chi connectivity index (χ0v) is 14.3. The second-order valence-corrected chi connectivity index (χ2v) is 7.33. The second-order valence-electron chi connectivity index (χ2n) is 6.95. The fraction of sp³-hybridized carbons (Fsp3) is 0.800. The number of nitrogens with one attached hydrogen (secondary N) is 1. The molecule has 114 valence electrons. The standard InChI is InChI=1S/C15H27ClN4/c1-10(2)12-7-17-15(4,5)9-20(12)8-13-14(16)11(3)18-19(13)6/h10,12,17H,7-9H2,1-6H3. The molecule has 1 fully saturated rings. The van der Waals surface area contributed by atoms with Crippen molar-refractivity contribution < 1.29 is 0 Å². The van der Waals surface area contributed by atoms with Gasteiger partial charge in [-0.3, -0.25) is 9.58 Å². The van der Waals surface area contributed by atoms with Crippen LogP contribution in [-0.4, -0.2) is 39.4 Å². The smallest absolute Gasteiger partial charge is 0.0860 e. The third kappa shape index (κ3) is 3.18. The van der Waals surface area contributed by atoms with Crippen molar-refractivity contribution in [2.24, 2.45) is 13.0 Å². The van der Waals surface area contributed by atoms with Gasteiger partial charge in [-0.25, -0.2) is 0 Å². The Labute approximate surface area is 127 Å². The molecule has 1 unspecified atom stereocenters. The van der Waals surface area contributed by atoms with Crippen molar-refractivity contribution in [1.29, 1.82) is 0 Å². The lowest BCUT2D eigenvalue weighted by Gasteiger charge is -2.46. The van der Waals surface area contributed by atoms with Crippen molar-refractivity contribution in [3.63, 3.8) is 0 Å². The lowest BCUT2D eigenvalue weighted by atomic mass is 9.93. The summed E-state index contributed by atoms with van der Waals surface area (Å²) in [7, 11) is 1.98. The van der Waals surface area contributed by atoms with Crippen LogP contribution in [0.1, 0.15) is 39.1 Å². The van der Waals surface area contributed by atoms with Crippen LogP contribution in [0.2, 0.25) is 5.02 Å². The van der Waals surface area contributed by atoms with Gasteiger partial charge >= 0.3 is 0 Å². The maximum atomic E-state index is 6.41. The summed E-state index contributed by atoms with van der Waals surface area (Å²) in [6, 6.07) is 0.536. The van der Waals surface area contributed by atoms with Crippen LogP contribution in [0.15, 0.2) is 0 Å². The Balaban J connectivity index is 2.23. The summed E-state index contributed by atoms with van der Waals surface area (Å²) in [4.78, 5) is 2.55. The van der Waals surface area contributed by atoms with Gasteiger partial charge < -0.3 is 5.32 Å². The molecule has 2 heterocycles. The molecule has 0 spiro atoms. The van der Waals surface area contributed by atoms with Gasteiger partial charge in [0.25, 0.3) is 0 Å². The first-order chi connectivity index (χ1) is 9.21. The maximum Gasteiger partial charge on any atom is 0.0860 e. The molecule has 1 atom stereocenters. The fourth-order valence-corrected chi connectivity index (χ4v) is 3.29. The van der Waals surface area contributed by atoms with Crippen LogP contribution in [-0.2, 0) is 13.6 Å². The Morgan fingerprint density at radius 2 is 2.10 bits per heavy atom. The van der Waals surface area contributed by atoms with Crippen molar-refractivity contribution in [2.75, 3.05) is 13.1 Å². The first-order valence-electron chi connectivity index (χ1n) is 7.38. The van der Waals surface area contributed by atoms with Crippen LogP contribution in [0.25, 0.3) is 0 Å². The Morgan fingerprint density at radius 3 is 2.60 bits per heavy atom. The fourth-order valence-electron chi connectivity index (χ4n) is 3.07. The predicted octanol–water partition coefficient (Wildman–Crippen LogP) is 2.59. The topological polar surface area (TPSA) is 33.1 Å². The molecule has 1 aliphatic heterocycles. The molecule has 0 radical (unpaired) electrons. The number of piperazine rings is 1. The summed E-state index contributed by atoms with van der Waals surface area (Å²) in [6.07, 6.45) is 0. The molecule has 0 aliphatic carbocycles. The van der Waals surface area contributed by atoms with Gasteiger partial charge in [-0.05, 0) is 26.7 Å². The Hall–Kier alpha value is -0.580.